The molecule has 0 saturated heterocycles. The molecule has 0 fully saturated rings. The van der Waals surface area contributed by atoms with Gasteiger partial charge in [0.25, 0.3) is 0 Å². The summed E-state index contributed by atoms with van der Waals surface area (Å²) < 4.78 is 1.99. The lowest BCUT2D eigenvalue weighted by molar-refractivity contribution is -0.113. The number of amides is 1. The molecule has 0 aliphatic heterocycles. The summed E-state index contributed by atoms with van der Waals surface area (Å²) in [6, 6.07) is 14.4. The molecule has 0 radical (unpaired) electrons. The molecule has 1 N–H and O–H groups in total. The number of rotatable bonds is 10. The van der Waals surface area contributed by atoms with Gasteiger partial charge in [-0.1, -0.05) is 49.9 Å². The van der Waals surface area contributed by atoms with Crippen molar-refractivity contribution in [2.45, 2.75) is 38.4 Å². The predicted molar refractivity (Wildman–Crippen MR) is 135 cm³/mol. The summed E-state index contributed by atoms with van der Waals surface area (Å²) in [6.45, 7) is 8.64. The van der Waals surface area contributed by atoms with Crippen LogP contribution in [0.4, 0.5) is 11.4 Å². The maximum atomic E-state index is 12.8. The molecule has 0 saturated carbocycles. The molecular formula is C25H31N5OS. The largest absolute Gasteiger partial charge is 0.378 e. The van der Waals surface area contributed by atoms with Crippen LogP contribution in [0.3, 0.4) is 0 Å². The van der Waals surface area contributed by atoms with Gasteiger partial charge < -0.3 is 10.2 Å². The minimum atomic E-state index is -0.0457. The fourth-order valence-electron chi connectivity index (χ4n) is 3.52. The zero-order chi connectivity index (χ0) is 23.1. The quantitative estimate of drug-likeness (QED) is 0.347. The van der Waals surface area contributed by atoms with Crippen molar-refractivity contribution in [3.8, 4) is 11.4 Å². The number of anilines is 2. The lowest BCUT2D eigenvalue weighted by Crippen LogP contribution is -2.17. The number of aryl methyl sites for hydroxylation is 2. The highest BCUT2D eigenvalue weighted by Crippen LogP contribution is 2.27. The molecule has 2 aromatic carbocycles. The first-order valence-corrected chi connectivity index (χ1v) is 11.8. The van der Waals surface area contributed by atoms with Crippen LogP contribution in [0.2, 0.25) is 0 Å². The highest BCUT2D eigenvalue weighted by Gasteiger charge is 2.16. The number of carbonyl (C=O) groups excluding carboxylic acids is 1. The molecule has 3 rings (SSSR count). The minimum absolute atomic E-state index is 0.0457. The summed E-state index contributed by atoms with van der Waals surface area (Å²) in [5.74, 6) is 0.981. The normalized spacial score (nSPS) is 10.8. The lowest BCUT2D eigenvalue weighted by Gasteiger charge is -2.14. The Balaban J connectivity index is 1.76. The second-order valence-electron chi connectivity index (χ2n) is 7.64. The second-order valence-corrected chi connectivity index (χ2v) is 8.58. The number of nitrogens with one attached hydrogen (secondary N) is 1. The topological polar surface area (TPSA) is 63.1 Å². The first-order chi connectivity index (χ1) is 15.5. The van der Waals surface area contributed by atoms with E-state index in [0.717, 1.165) is 46.7 Å². The van der Waals surface area contributed by atoms with Gasteiger partial charge in [0, 0.05) is 37.6 Å². The highest BCUT2D eigenvalue weighted by molar-refractivity contribution is 7.99. The Morgan fingerprint density at radius 2 is 1.75 bits per heavy atom. The van der Waals surface area contributed by atoms with Crippen molar-refractivity contribution in [1.82, 2.24) is 14.8 Å². The fourth-order valence-corrected chi connectivity index (χ4v) is 4.27. The van der Waals surface area contributed by atoms with Crippen LogP contribution in [0.25, 0.3) is 11.4 Å². The number of hydrogen-bond acceptors (Lipinski definition) is 5. The molecule has 168 valence electrons. The number of benzene rings is 2. The van der Waals surface area contributed by atoms with Crippen LogP contribution in [-0.2, 0) is 24.2 Å². The number of aromatic nitrogens is 3. The minimum Gasteiger partial charge on any atom is -0.378 e. The van der Waals surface area contributed by atoms with Crippen LogP contribution in [0.5, 0.6) is 0 Å². The van der Waals surface area contributed by atoms with Gasteiger partial charge in [0.05, 0.1) is 5.75 Å². The van der Waals surface area contributed by atoms with Crippen LogP contribution in [0, 0.1) is 0 Å². The maximum absolute atomic E-state index is 12.8. The first-order valence-electron chi connectivity index (χ1n) is 10.8. The molecule has 1 aromatic heterocycles. The number of hydrogen-bond donors (Lipinski definition) is 1. The summed E-state index contributed by atoms with van der Waals surface area (Å²) in [6.07, 6.45) is 3.57. The van der Waals surface area contributed by atoms with E-state index >= 15 is 0 Å². The summed E-state index contributed by atoms with van der Waals surface area (Å²) in [5, 5.41) is 12.6. The molecule has 1 heterocycles. The molecule has 32 heavy (non-hydrogen) atoms. The van der Waals surface area contributed by atoms with Crippen molar-refractivity contribution in [3.63, 3.8) is 0 Å². The first kappa shape index (κ1) is 23.6. The van der Waals surface area contributed by atoms with Crippen molar-refractivity contribution in [3.05, 3.63) is 66.2 Å². The molecule has 3 aromatic rings. The maximum Gasteiger partial charge on any atom is 0.234 e. The van der Waals surface area contributed by atoms with E-state index in [1.807, 2.05) is 42.9 Å². The lowest BCUT2D eigenvalue weighted by atomic mass is 10.0. The number of allylic oxidation sites excluding steroid dienone is 1. The van der Waals surface area contributed by atoms with E-state index in [4.69, 9.17) is 0 Å². The van der Waals surface area contributed by atoms with Crippen molar-refractivity contribution < 1.29 is 4.79 Å². The molecular weight excluding hydrogens is 418 g/mol. The Bertz CT molecular complexity index is 1050. The molecule has 0 atom stereocenters. The third-order valence-electron chi connectivity index (χ3n) is 5.27. The summed E-state index contributed by atoms with van der Waals surface area (Å²) in [5.41, 5.74) is 5.35. The van der Waals surface area contributed by atoms with Crippen LogP contribution < -0.4 is 10.2 Å². The van der Waals surface area contributed by atoms with Crippen molar-refractivity contribution in [1.29, 1.82) is 0 Å². The number of para-hydroxylation sites is 1. The van der Waals surface area contributed by atoms with E-state index in [2.05, 4.69) is 65.1 Å². The van der Waals surface area contributed by atoms with Gasteiger partial charge in [0.2, 0.25) is 5.91 Å². The molecule has 0 bridgehead atoms. The van der Waals surface area contributed by atoms with E-state index < -0.39 is 0 Å². The second kappa shape index (κ2) is 11.0. The van der Waals surface area contributed by atoms with Gasteiger partial charge in [-0.3, -0.25) is 9.36 Å². The third-order valence-corrected chi connectivity index (χ3v) is 6.23. The van der Waals surface area contributed by atoms with Crippen LogP contribution in [0.1, 0.15) is 25.0 Å². The summed E-state index contributed by atoms with van der Waals surface area (Å²) >= 11 is 1.39. The van der Waals surface area contributed by atoms with Gasteiger partial charge in [-0.2, -0.15) is 0 Å². The van der Waals surface area contributed by atoms with Crippen LogP contribution >= 0.6 is 11.8 Å². The van der Waals surface area contributed by atoms with Crippen molar-refractivity contribution in [2.24, 2.45) is 0 Å². The highest BCUT2D eigenvalue weighted by atomic mass is 32.2. The van der Waals surface area contributed by atoms with Gasteiger partial charge in [0.15, 0.2) is 11.0 Å². The standard InChI is InChI=1S/C25H31N5OS/c1-6-16-30-24(20-12-14-21(15-13-20)29(4)5)27-28-25(30)32-17-22(31)26-23-18(7-2)10-9-11-19(23)8-3/h6,9-15H,1,7-8,16-17H2,2-5H3,(H,26,31). The van der Waals surface area contributed by atoms with Crippen molar-refractivity contribution in [2.75, 3.05) is 30.1 Å². The molecule has 0 aliphatic rings. The van der Waals surface area contributed by atoms with Gasteiger partial charge in [-0.05, 0) is 48.2 Å². The Morgan fingerprint density at radius 3 is 2.31 bits per heavy atom. The smallest absolute Gasteiger partial charge is 0.234 e. The van der Waals surface area contributed by atoms with Gasteiger partial charge >= 0.3 is 0 Å². The third kappa shape index (κ3) is 5.40. The Hall–Kier alpha value is -3.06. The molecule has 1 amide bonds. The average molecular weight is 450 g/mol. The molecule has 0 unspecified atom stereocenters. The summed E-state index contributed by atoms with van der Waals surface area (Å²) in [4.78, 5) is 14.8. The van der Waals surface area contributed by atoms with Crippen LogP contribution in [0.15, 0.2) is 60.3 Å². The summed E-state index contributed by atoms with van der Waals surface area (Å²) in [7, 11) is 4.02. The molecule has 0 spiro atoms. The van der Waals surface area contributed by atoms with Gasteiger partial charge in [-0.25, -0.2) is 0 Å². The van der Waals surface area contributed by atoms with E-state index in [9.17, 15) is 4.79 Å². The number of thioether (sulfide) groups is 1. The predicted octanol–water partition coefficient (Wildman–Crippen LogP) is 5.05. The monoisotopic (exact) mass is 449 g/mol. The van der Waals surface area contributed by atoms with Crippen molar-refractivity contribution >= 4 is 29.0 Å². The molecule has 0 aliphatic carbocycles. The van der Waals surface area contributed by atoms with Gasteiger partial charge in [-0.15, -0.1) is 16.8 Å². The van der Waals surface area contributed by atoms with E-state index in [0.29, 0.717) is 11.7 Å². The van der Waals surface area contributed by atoms with Crippen LogP contribution in [-0.4, -0.2) is 40.5 Å². The average Bonchev–Trinajstić information content (AvgIpc) is 3.20. The Kier molecular flexibility index (Phi) is 8.11. The van der Waals surface area contributed by atoms with E-state index in [-0.39, 0.29) is 11.7 Å². The van der Waals surface area contributed by atoms with E-state index in [1.54, 1.807) is 0 Å². The zero-order valence-corrected chi connectivity index (χ0v) is 20.1. The Morgan fingerprint density at radius 1 is 1.09 bits per heavy atom. The van der Waals surface area contributed by atoms with Gasteiger partial charge in [0.1, 0.15) is 0 Å². The van der Waals surface area contributed by atoms with E-state index in [1.165, 1.54) is 11.8 Å². The zero-order valence-electron chi connectivity index (χ0n) is 19.3. The number of nitrogens with zero attached hydrogens (tertiary/aromatic N) is 4. The molecule has 6 nitrogen and oxygen atoms in total. The fraction of sp³-hybridized carbons (Fsp3) is 0.320. The molecule has 7 heteroatoms. The Labute approximate surface area is 194 Å². The SMILES string of the molecule is C=CCn1c(SCC(=O)Nc2c(CC)cccc2CC)nnc1-c1ccc(N(C)C)cc1. The number of carbonyl (C=O) groups is 1.